The van der Waals surface area contributed by atoms with Crippen LogP contribution in [-0.4, -0.2) is 18.6 Å². The molecule has 0 spiro atoms. The standard InChI is InChI=1S/C22H21ClN2O3S/c1-16-7-5-6-10-18(16)15-25(21(22(24)26)17-8-3-2-4-9-17)29(27,28)20-13-11-19(23)12-14-20/h2-14,21H,15H2,1H3,(H2,24,26). The average molecular weight is 429 g/mol. The molecule has 0 aliphatic rings. The summed E-state index contributed by atoms with van der Waals surface area (Å²) in [6.07, 6.45) is 0. The second kappa shape index (κ2) is 8.78. The molecule has 150 valence electrons. The Kier molecular flexibility index (Phi) is 6.37. The fourth-order valence-electron chi connectivity index (χ4n) is 3.12. The summed E-state index contributed by atoms with van der Waals surface area (Å²) in [4.78, 5) is 12.5. The van der Waals surface area contributed by atoms with E-state index >= 15 is 0 Å². The van der Waals surface area contributed by atoms with Crippen LogP contribution in [0.2, 0.25) is 5.02 Å². The van der Waals surface area contributed by atoms with Gasteiger partial charge in [-0.1, -0.05) is 66.2 Å². The molecule has 0 fully saturated rings. The van der Waals surface area contributed by atoms with Gasteiger partial charge in [-0.15, -0.1) is 0 Å². The molecule has 2 N–H and O–H groups in total. The molecule has 0 saturated heterocycles. The third-order valence-electron chi connectivity index (χ3n) is 4.68. The van der Waals surface area contributed by atoms with Gasteiger partial charge in [-0.3, -0.25) is 4.79 Å². The van der Waals surface area contributed by atoms with Crippen molar-refractivity contribution in [2.75, 3.05) is 0 Å². The van der Waals surface area contributed by atoms with Crippen molar-refractivity contribution >= 4 is 27.5 Å². The Balaban J connectivity index is 2.16. The number of hydrogen-bond donors (Lipinski definition) is 1. The molecule has 3 aromatic rings. The number of carbonyl (C=O) groups excluding carboxylic acids is 1. The van der Waals surface area contributed by atoms with E-state index in [1.54, 1.807) is 30.3 Å². The summed E-state index contributed by atoms with van der Waals surface area (Å²) in [5.74, 6) is -0.748. The molecule has 0 aliphatic carbocycles. The molecule has 0 radical (unpaired) electrons. The molecule has 0 heterocycles. The number of nitrogens with zero attached hydrogens (tertiary/aromatic N) is 1. The number of amides is 1. The molecule has 1 amide bonds. The van der Waals surface area contributed by atoms with Crippen LogP contribution in [0, 0.1) is 6.92 Å². The van der Waals surface area contributed by atoms with Gasteiger partial charge in [0.2, 0.25) is 15.9 Å². The van der Waals surface area contributed by atoms with Crippen molar-refractivity contribution in [2.45, 2.75) is 24.4 Å². The lowest BCUT2D eigenvalue weighted by Crippen LogP contribution is -2.41. The highest BCUT2D eigenvalue weighted by molar-refractivity contribution is 7.89. The summed E-state index contributed by atoms with van der Waals surface area (Å²) in [5.41, 5.74) is 7.90. The number of halogens is 1. The van der Waals surface area contributed by atoms with Crippen LogP contribution in [0.3, 0.4) is 0 Å². The Hall–Kier alpha value is -2.67. The van der Waals surface area contributed by atoms with Crippen LogP contribution in [0.4, 0.5) is 0 Å². The zero-order valence-electron chi connectivity index (χ0n) is 15.8. The summed E-state index contributed by atoms with van der Waals surface area (Å²) >= 11 is 5.92. The van der Waals surface area contributed by atoms with Gasteiger partial charge < -0.3 is 5.73 Å². The average Bonchev–Trinajstić information content (AvgIpc) is 2.70. The van der Waals surface area contributed by atoms with E-state index < -0.39 is 22.0 Å². The molecule has 7 heteroatoms. The van der Waals surface area contributed by atoms with Crippen molar-refractivity contribution in [3.63, 3.8) is 0 Å². The number of benzene rings is 3. The van der Waals surface area contributed by atoms with Crippen LogP contribution in [0.25, 0.3) is 0 Å². The molecule has 0 aromatic heterocycles. The third kappa shape index (κ3) is 4.67. The van der Waals surface area contributed by atoms with Crippen molar-refractivity contribution in [1.29, 1.82) is 0 Å². The van der Waals surface area contributed by atoms with E-state index in [2.05, 4.69) is 0 Å². The highest BCUT2D eigenvalue weighted by Crippen LogP contribution is 2.31. The Morgan fingerprint density at radius 2 is 1.55 bits per heavy atom. The van der Waals surface area contributed by atoms with Gasteiger partial charge in [-0.05, 0) is 47.9 Å². The zero-order chi connectivity index (χ0) is 21.0. The first-order valence-corrected chi connectivity index (χ1v) is 10.8. The minimum absolute atomic E-state index is 0.000133. The highest BCUT2D eigenvalue weighted by Gasteiger charge is 2.36. The van der Waals surface area contributed by atoms with Crippen molar-refractivity contribution < 1.29 is 13.2 Å². The fourth-order valence-corrected chi connectivity index (χ4v) is 4.81. The lowest BCUT2D eigenvalue weighted by Gasteiger charge is -2.30. The van der Waals surface area contributed by atoms with Gasteiger partial charge in [0.15, 0.2) is 0 Å². The van der Waals surface area contributed by atoms with Crippen LogP contribution in [0.5, 0.6) is 0 Å². The Morgan fingerprint density at radius 1 is 0.966 bits per heavy atom. The molecule has 0 aliphatic heterocycles. The van der Waals surface area contributed by atoms with Crippen molar-refractivity contribution in [3.05, 3.63) is 101 Å². The van der Waals surface area contributed by atoms with Gasteiger partial charge in [-0.25, -0.2) is 8.42 Å². The number of aryl methyl sites for hydroxylation is 1. The third-order valence-corrected chi connectivity index (χ3v) is 6.76. The monoisotopic (exact) mass is 428 g/mol. The molecule has 1 unspecified atom stereocenters. The predicted molar refractivity (Wildman–Crippen MR) is 114 cm³/mol. The minimum Gasteiger partial charge on any atom is -0.368 e. The molecule has 0 bridgehead atoms. The SMILES string of the molecule is Cc1ccccc1CN(C(C(N)=O)c1ccccc1)S(=O)(=O)c1ccc(Cl)cc1. The van der Waals surface area contributed by atoms with Crippen LogP contribution in [0.15, 0.2) is 83.8 Å². The van der Waals surface area contributed by atoms with E-state index in [1.165, 1.54) is 24.3 Å². The van der Waals surface area contributed by atoms with E-state index in [4.69, 9.17) is 17.3 Å². The zero-order valence-corrected chi connectivity index (χ0v) is 17.4. The fraction of sp³-hybridized carbons (Fsp3) is 0.136. The van der Waals surface area contributed by atoms with Gasteiger partial charge in [0.05, 0.1) is 4.90 Å². The lowest BCUT2D eigenvalue weighted by molar-refractivity contribution is -0.122. The van der Waals surface area contributed by atoms with Crippen molar-refractivity contribution in [1.82, 2.24) is 4.31 Å². The number of hydrogen-bond acceptors (Lipinski definition) is 3. The second-order valence-electron chi connectivity index (χ2n) is 6.65. The van der Waals surface area contributed by atoms with E-state index in [0.717, 1.165) is 15.4 Å². The first kappa shape index (κ1) is 21.0. The van der Waals surface area contributed by atoms with Crippen LogP contribution in [-0.2, 0) is 21.4 Å². The van der Waals surface area contributed by atoms with Gasteiger partial charge >= 0.3 is 0 Å². The highest BCUT2D eigenvalue weighted by atomic mass is 35.5. The predicted octanol–water partition coefficient (Wildman–Crippen LogP) is 4.07. The smallest absolute Gasteiger partial charge is 0.244 e. The maximum Gasteiger partial charge on any atom is 0.244 e. The molecule has 3 aromatic carbocycles. The Labute approximate surface area is 175 Å². The molecule has 29 heavy (non-hydrogen) atoms. The van der Waals surface area contributed by atoms with Crippen LogP contribution in [0.1, 0.15) is 22.7 Å². The first-order chi connectivity index (χ1) is 13.8. The molecular weight excluding hydrogens is 408 g/mol. The number of carbonyl (C=O) groups is 1. The number of nitrogens with two attached hydrogens (primary N) is 1. The van der Waals surface area contributed by atoms with E-state index in [9.17, 15) is 13.2 Å². The van der Waals surface area contributed by atoms with Crippen LogP contribution >= 0.6 is 11.6 Å². The first-order valence-electron chi connectivity index (χ1n) is 8.97. The topological polar surface area (TPSA) is 80.5 Å². The maximum absolute atomic E-state index is 13.6. The summed E-state index contributed by atoms with van der Waals surface area (Å²) in [6.45, 7) is 1.89. The molecule has 0 saturated carbocycles. The second-order valence-corrected chi connectivity index (χ2v) is 8.97. The minimum atomic E-state index is -4.05. The number of rotatable bonds is 7. The Morgan fingerprint density at radius 3 is 2.14 bits per heavy atom. The van der Waals surface area contributed by atoms with E-state index in [0.29, 0.717) is 10.6 Å². The van der Waals surface area contributed by atoms with Gasteiger partial charge in [0.1, 0.15) is 6.04 Å². The maximum atomic E-state index is 13.6. The quantitative estimate of drug-likeness (QED) is 0.616. The van der Waals surface area contributed by atoms with Crippen molar-refractivity contribution in [3.8, 4) is 0 Å². The Bertz CT molecular complexity index is 1100. The van der Waals surface area contributed by atoms with Crippen LogP contribution < -0.4 is 5.73 Å². The summed E-state index contributed by atoms with van der Waals surface area (Å²) in [6, 6.07) is 20.8. The summed E-state index contributed by atoms with van der Waals surface area (Å²) in [5, 5.41) is 0.420. The molecule has 3 rings (SSSR count). The summed E-state index contributed by atoms with van der Waals surface area (Å²) in [7, 11) is -4.05. The largest absolute Gasteiger partial charge is 0.368 e. The molecular formula is C22H21ClN2O3S. The molecule has 5 nitrogen and oxygen atoms in total. The number of sulfonamides is 1. The number of primary amides is 1. The van der Waals surface area contributed by atoms with E-state index in [1.807, 2.05) is 31.2 Å². The van der Waals surface area contributed by atoms with Gasteiger partial charge in [-0.2, -0.15) is 4.31 Å². The summed E-state index contributed by atoms with van der Waals surface area (Å²) < 4.78 is 28.3. The van der Waals surface area contributed by atoms with Gasteiger partial charge in [0.25, 0.3) is 0 Å². The lowest BCUT2D eigenvalue weighted by atomic mass is 10.0. The molecule has 1 atom stereocenters. The van der Waals surface area contributed by atoms with E-state index in [-0.39, 0.29) is 11.4 Å². The van der Waals surface area contributed by atoms with Crippen molar-refractivity contribution in [2.24, 2.45) is 5.73 Å². The normalized spacial score (nSPS) is 12.7. The van der Waals surface area contributed by atoms with Gasteiger partial charge in [0, 0.05) is 11.6 Å².